The number of thiazole rings is 1. The van der Waals surface area contributed by atoms with E-state index in [-0.39, 0.29) is 19.8 Å². The number of aromatic nitrogens is 1. The van der Waals surface area contributed by atoms with Gasteiger partial charge >= 0.3 is 12.1 Å². The van der Waals surface area contributed by atoms with Crippen molar-refractivity contribution in [2.24, 2.45) is 0 Å². The zero-order valence-electron chi connectivity index (χ0n) is 14.5. The van der Waals surface area contributed by atoms with Gasteiger partial charge in [-0.2, -0.15) is 0 Å². The Morgan fingerprint density at radius 3 is 2.96 bits per heavy atom. The van der Waals surface area contributed by atoms with E-state index in [1.165, 1.54) is 16.2 Å². The van der Waals surface area contributed by atoms with Gasteiger partial charge in [-0.3, -0.25) is 4.90 Å². The molecule has 0 bridgehead atoms. The molecule has 10 heteroatoms. The first kappa shape index (κ1) is 19.2. The number of carbonyl (C=O) groups is 2. The molecule has 1 unspecified atom stereocenters. The lowest BCUT2D eigenvalue weighted by Crippen LogP contribution is -2.39. The van der Waals surface area contributed by atoms with Crippen molar-refractivity contribution in [1.82, 2.24) is 9.88 Å². The topological polar surface area (TPSA) is 115 Å². The van der Waals surface area contributed by atoms with Gasteiger partial charge in [-0.15, -0.1) is 0 Å². The van der Waals surface area contributed by atoms with Crippen molar-refractivity contribution in [3.8, 4) is 5.75 Å². The monoisotopic (exact) mass is 411 g/mol. The largest absolute Gasteiger partial charge is 0.482 e. The summed E-state index contributed by atoms with van der Waals surface area (Å²) >= 11 is 7.39. The molecule has 1 amide bonds. The minimum Gasteiger partial charge on any atom is -0.482 e. The molecule has 2 heterocycles. The summed E-state index contributed by atoms with van der Waals surface area (Å²) in [5.41, 5.74) is 7.13. The number of anilines is 1. The number of carbonyl (C=O) groups excluding carboxylic acids is 1. The fourth-order valence-electron chi connectivity index (χ4n) is 2.99. The van der Waals surface area contributed by atoms with Gasteiger partial charge in [0.1, 0.15) is 11.8 Å². The molecule has 3 rings (SSSR count). The minimum atomic E-state index is -1.08. The second kappa shape index (κ2) is 8.01. The van der Waals surface area contributed by atoms with Crippen molar-refractivity contribution in [3.05, 3.63) is 39.4 Å². The summed E-state index contributed by atoms with van der Waals surface area (Å²) in [5, 5.41) is 10.5. The quantitative estimate of drug-likeness (QED) is 0.726. The van der Waals surface area contributed by atoms with Crippen LogP contribution in [0.25, 0.3) is 0 Å². The van der Waals surface area contributed by atoms with Crippen LogP contribution >= 0.6 is 22.9 Å². The van der Waals surface area contributed by atoms with E-state index in [4.69, 9.17) is 26.8 Å². The van der Waals surface area contributed by atoms with Gasteiger partial charge in [-0.25, -0.2) is 14.6 Å². The van der Waals surface area contributed by atoms with Gasteiger partial charge in [0, 0.05) is 23.6 Å². The fraction of sp³-hybridized carbons (Fsp3) is 0.353. The molecular weight excluding hydrogens is 394 g/mol. The predicted molar refractivity (Wildman–Crippen MR) is 100 cm³/mol. The minimum absolute atomic E-state index is 0.245. The second-order valence-corrected chi connectivity index (χ2v) is 7.27. The van der Waals surface area contributed by atoms with Crippen LogP contribution < -0.4 is 10.5 Å². The third-order valence-electron chi connectivity index (χ3n) is 4.06. The average Bonchev–Trinajstić information content (AvgIpc) is 3.00. The van der Waals surface area contributed by atoms with Crippen molar-refractivity contribution >= 4 is 40.1 Å². The highest BCUT2D eigenvalue weighted by molar-refractivity contribution is 7.15. The summed E-state index contributed by atoms with van der Waals surface area (Å²) in [6, 6.07) is 4.18. The molecule has 1 aromatic carbocycles. The Balaban J connectivity index is 2.03. The number of fused-ring (bicyclic) bond motifs is 1. The predicted octanol–water partition coefficient (Wildman–Crippen LogP) is 2.95. The molecule has 0 saturated heterocycles. The highest BCUT2D eigenvalue weighted by atomic mass is 35.5. The van der Waals surface area contributed by atoms with E-state index in [0.717, 1.165) is 10.6 Å². The zero-order chi connectivity index (χ0) is 19.6. The smallest absolute Gasteiger partial charge is 0.408 e. The normalized spacial score (nSPS) is 15.9. The van der Waals surface area contributed by atoms with Crippen LogP contribution in [0.5, 0.6) is 5.75 Å². The molecule has 0 spiro atoms. The zero-order valence-corrected chi connectivity index (χ0v) is 16.0. The van der Waals surface area contributed by atoms with E-state index in [9.17, 15) is 14.7 Å². The second-order valence-electron chi connectivity index (χ2n) is 5.77. The Morgan fingerprint density at radius 1 is 1.48 bits per heavy atom. The first-order chi connectivity index (χ1) is 12.9. The average molecular weight is 412 g/mol. The van der Waals surface area contributed by atoms with Gasteiger partial charge in [0.15, 0.2) is 11.7 Å². The van der Waals surface area contributed by atoms with Crippen molar-refractivity contribution in [1.29, 1.82) is 0 Å². The summed E-state index contributed by atoms with van der Waals surface area (Å²) in [7, 11) is 0. The first-order valence-electron chi connectivity index (χ1n) is 8.23. The molecule has 8 nitrogen and oxygen atoms in total. The summed E-state index contributed by atoms with van der Waals surface area (Å²) in [6.07, 6.45) is -0.597. The molecule has 3 N–H and O–H groups in total. The Morgan fingerprint density at radius 2 is 2.26 bits per heavy atom. The van der Waals surface area contributed by atoms with Crippen LogP contribution in [0.3, 0.4) is 0 Å². The van der Waals surface area contributed by atoms with E-state index in [1.807, 2.05) is 0 Å². The molecule has 0 aliphatic carbocycles. The van der Waals surface area contributed by atoms with Gasteiger partial charge in [-0.1, -0.05) is 22.9 Å². The highest BCUT2D eigenvalue weighted by Crippen LogP contribution is 2.43. The van der Waals surface area contributed by atoms with Gasteiger partial charge in [0.25, 0.3) is 0 Å². The molecule has 1 aliphatic rings. The molecule has 2 aromatic rings. The number of halogens is 1. The van der Waals surface area contributed by atoms with Gasteiger partial charge in [0.05, 0.1) is 17.2 Å². The van der Waals surface area contributed by atoms with Gasteiger partial charge in [0.2, 0.25) is 0 Å². The molecule has 0 fully saturated rings. The Labute approximate surface area is 164 Å². The van der Waals surface area contributed by atoms with Crippen molar-refractivity contribution < 1.29 is 24.2 Å². The van der Waals surface area contributed by atoms with Gasteiger partial charge < -0.3 is 20.3 Å². The molecule has 1 aromatic heterocycles. The summed E-state index contributed by atoms with van der Waals surface area (Å²) in [4.78, 5) is 29.8. The van der Waals surface area contributed by atoms with Crippen molar-refractivity contribution in [3.63, 3.8) is 0 Å². The van der Waals surface area contributed by atoms with Crippen LogP contribution in [0.15, 0.2) is 18.2 Å². The number of benzene rings is 1. The van der Waals surface area contributed by atoms with Crippen molar-refractivity contribution in [2.75, 3.05) is 25.5 Å². The van der Waals surface area contributed by atoms with E-state index in [2.05, 4.69) is 4.98 Å². The highest BCUT2D eigenvalue weighted by Gasteiger charge is 2.36. The number of amides is 1. The SMILES string of the molecule is CCOC(=O)COc1ccc(Cl)cc1C1c2sc(N)nc2CCN1C(=O)O. The summed E-state index contributed by atoms with van der Waals surface area (Å²) in [6.45, 7) is 1.92. The maximum absolute atomic E-state index is 11.8. The molecular formula is C17H18ClN3O5S. The number of nitrogens with two attached hydrogens (primary N) is 1. The van der Waals surface area contributed by atoms with Gasteiger partial charge in [-0.05, 0) is 25.1 Å². The number of esters is 1. The maximum atomic E-state index is 11.8. The third-order valence-corrected chi connectivity index (χ3v) is 5.27. The summed E-state index contributed by atoms with van der Waals surface area (Å²) < 4.78 is 10.5. The maximum Gasteiger partial charge on any atom is 0.408 e. The molecule has 1 atom stereocenters. The standard InChI is InChI=1S/C17H18ClN3O5S/c1-2-25-13(22)8-26-12-4-3-9(18)7-10(12)14-15-11(20-16(19)27-15)5-6-21(14)17(23)24/h3-4,7,14H,2,5-6,8H2,1H3,(H2,19,20)(H,23,24). The molecule has 27 heavy (non-hydrogen) atoms. The molecule has 0 radical (unpaired) electrons. The Hall–Kier alpha value is -2.52. The molecule has 0 saturated carbocycles. The number of ether oxygens (including phenoxy) is 2. The lowest BCUT2D eigenvalue weighted by Gasteiger charge is -2.34. The van der Waals surface area contributed by atoms with E-state index >= 15 is 0 Å². The van der Waals surface area contributed by atoms with Crippen LogP contribution in [0.1, 0.15) is 29.1 Å². The number of rotatable bonds is 5. The van der Waals surface area contributed by atoms with Crippen LogP contribution in [-0.2, 0) is 16.0 Å². The van der Waals surface area contributed by atoms with E-state index in [1.54, 1.807) is 25.1 Å². The van der Waals surface area contributed by atoms with Crippen LogP contribution in [0, 0.1) is 0 Å². The van der Waals surface area contributed by atoms with Crippen molar-refractivity contribution in [2.45, 2.75) is 19.4 Å². The third kappa shape index (κ3) is 4.09. The van der Waals surface area contributed by atoms with Crippen LogP contribution in [0.4, 0.5) is 9.93 Å². The number of carboxylic acid groups (broad SMARTS) is 1. The van der Waals surface area contributed by atoms with Crippen LogP contribution in [0.2, 0.25) is 5.02 Å². The van der Waals surface area contributed by atoms with E-state index < -0.39 is 18.1 Å². The van der Waals surface area contributed by atoms with E-state index in [0.29, 0.717) is 27.9 Å². The van der Waals surface area contributed by atoms with Crippen LogP contribution in [-0.4, -0.2) is 46.8 Å². The number of nitrogen functional groups attached to an aromatic ring is 1. The fourth-order valence-corrected chi connectivity index (χ4v) is 4.18. The Kier molecular flexibility index (Phi) is 5.71. The number of hydrogen-bond acceptors (Lipinski definition) is 7. The number of hydrogen-bond donors (Lipinski definition) is 2. The lowest BCUT2D eigenvalue weighted by atomic mass is 9.97. The number of nitrogens with zero attached hydrogens (tertiary/aromatic N) is 2. The molecule has 144 valence electrons. The lowest BCUT2D eigenvalue weighted by molar-refractivity contribution is -0.145. The summed E-state index contributed by atoms with van der Waals surface area (Å²) in [5.74, 6) is -0.164. The molecule has 1 aliphatic heterocycles. The first-order valence-corrected chi connectivity index (χ1v) is 9.42. The Bertz CT molecular complexity index is 872.